The highest BCUT2D eigenvalue weighted by atomic mass is 32.2. The van der Waals surface area contributed by atoms with Crippen molar-refractivity contribution >= 4 is 15.9 Å². The monoisotopic (exact) mass is 396 g/mol. The van der Waals surface area contributed by atoms with Gasteiger partial charge >= 0.3 is 6.18 Å². The van der Waals surface area contributed by atoms with Crippen LogP contribution >= 0.6 is 0 Å². The van der Waals surface area contributed by atoms with E-state index in [0.717, 1.165) is 9.21 Å². The number of likely N-dealkylation sites (tertiary alicyclic amines) is 1. The average Bonchev–Trinajstić information content (AvgIpc) is 3.10. The fraction of sp³-hybridized carbons (Fsp3) is 0.733. The van der Waals surface area contributed by atoms with E-state index in [-0.39, 0.29) is 11.7 Å². The predicted octanol–water partition coefficient (Wildman–Crippen LogP) is 1.67. The van der Waals surface area contributed by atoms with Gasteiger partial charge in [0.05, 0.1) is 5.92 Å². The molecule has 2 heterocycles. The Morgan fingerprint density at radius 1 is 1.31 bits per heavy atom. The molecule has 1 aromatic rings. The van der Waals surface area contributed by atoms with Crippen LogP contribution in [0.25, 0.3) is 0 Å². The fourth-order valence-electron chi connectivity index (χ4n) is 3.10. The first-order chi connectivity index (χ1) is 11.8. The molecule has 0 radical (unpaired) electrons. The summed E-state index contributed by atoms with van der Waals surface area (Å²) in [4.78, 5) is 13.6. The van der Waals surface area contributed by atoms with E-state index < -0.39 is 46.4 Å². The molecule has 2 rings (SSSR count). The molecule has 1 aromatic heterocycles. The molecule has 0 unspecified atom stereocenters. The Balaban J connectivity index is 2.34. The Morgan fingerprint density at radius 3 is 2.31 bits per heavy atom. The lowest BCUT2D eigenvalue weighted by Crippen LogP contribution is -2.43. The second kappa shape index (κ2) is 6.84. The van der Waals surface area contributed by atoms with Gasteiger partial charge in [0.15, 0.2) is 5.69 Å². The Morgan fingerprint density at radius 2 is 1.88 bits per heavy atom. The molecule has 1 aliphatic heterocycles. The second-order valence-corrected chi connectivity index (χ2v) is 9.30. The number of carbonyl (C=O) groups is 1. The minimum absolute atomic E-state index is 0.0139. The van der Waals surface area contributed by atoms with Crippen LogP contribution in [0, 0.1) is 12.8 Å². The van der Waals surface area contributed by atoms with Gasteiger partial charge in [0, 0.05) is 38.9 Å². The van der Waals surface area contributed by atoms with Crippen LogP contribution in [0.1, 0.15) is 36.1 Å². The Kier molecular flexibility index (Phi) is 5.44. The minimum Gasteiger partial charge on any atom is -0.335 e. The van der Waals surface area contributed by atoms with Crippen LogP contribution in [0.4, 0.5) is 13.2 Å². The van der Waals surface area contributed by atoms with Crippen molar-refractivity contribution < 1.29 is 26.4 Å². The van der Waals surface area contributed by atoms with Crippen LogP contribution in [-0.2, 0) is 10.0 Å². The number of nitrogens with zero attached hydrogens (tertiary/aromatic N) is 4. The van der Waals surface area contributed by atoms with Gasteiger partial charge in [-0.3, -0.25) is 9.48 Å². The van der Waals surface area contributed by atoms with E-state index >= 15 is 0 Å². The van der Waals surface area contributed by atoms with Crippen molar-refractivity contribution in [2.24, 2.45) is 5.92 Å². The SMILES string of the molecule is Cc1cc(C(=O)N2C[C@H](C(F)(F)F)[C@@H](S(=O)(=O)N(C)C)C2)nn1C(C)C. The first kappa shape index (κ1) is 20.7. The van der Waals surface area contributed by atoms with E-state index in [2.05, 4.69) is 5.10 Å². The summed E-state index contributed by atoms with van der Waals surface area (Å²) in [6, 6.07) is 1.48. The Bertz CT molecular complexity index is 787. The lowest BCUT2D eigenvalue weighted by molar-refractivity contribution is -0.169. The molecular formula is C15H23F3N4O3S. The number of halogens is 3. The molecule has 0 N–H and O–H groups in total. The molecule has 0 spiro atoms. The summed E-state index contributed by atoms with van der Waals surface area (Å²) in [5.74, 6) is -2.83. The number of hydrogen-bond acceptors (Lipinski definition) is 4. The van der Waals surface area contributed by atoms with Gasteiger partial charge in [0.2, 0.25) is 10.0 Å². The van der Waals surface area contributed by atoms with Crippen molar-refractivity contribution in [3.63, 3.8) is 0 Å². The standard InChI is InChI=1S/C15H23F3N4O3S/c1-9(2)22-10(3)6-12(19-22)14(23)21-7-11(15(16,17)18)13(8-21)26(24,25)20(4)5/h6,9,11,13H,7-8H2,1-5H3/t11-,13-/m0/s1. The molecule has 26 heavy (non-hydrogen) atoms. The Hall–Kier alpha value is -1.62. The van der Waals surface area contributed by atoms with Gasteiger partial charge in [0.25, 0.3) is 5.91 Å². The maximum atomic E-state index is 13.4. The van der Waals surface area contributed by atoms with Crippen LogP contribution in [0.15, 0.2) is 6.07 Å². The quantitative estimate of drug-likeness (QED) is 0.776. The summed E-state index contributed by atoms with van der Waals surface area (Å²) in [6.07, 6.45) is -4.73. The number of rotatable bonds is 4. The molecule has 1 saturated heterocycles. The van der Waals surface area contributed by atoms with Gasteiger partial charge in [-0.15, -0.1) is 0 Å². The minimum atomic E-state index is -4.73. The smallest absolute Gasteiger partial charge is 0.335 e. The van der Waals surface area contributed by atoms with Crippen LogP contribution < -0.4 is 0 Å². The highest BCUT2D eigenvalue weighted by molar-refractivity contribution is 7.89. The van der Waals surface area contributed by atoms with Crippen LogP contribution in [0.3, 0.4) is 0 Å². The first-order valence-corrected chi connectivity index (χ1v) is 9.60. The molecule has 1 amide bonds. The lowest BCUT2D eigenvalue weighted by atomic mass is 10.1. The van der Waals surface area contributed by atoms with Gasteiger partial charge in [0.1, 0.15) is 5.25 Å². The molecule has 11 heteroatoms. The number of carbonyl (C=O) groups excluding carboxylic acids is 1. The third kappa shape index (κ3) is 3.73. The normalized spacial score (nSPS) is 21.8. The van der Waals surface area contributed by atoms with E-state index in [4.69, 9.17) is 0 Å². The predicted molar refractivity (Wildman–Crippen MR) is 89.2 cm³/mol. The zero-order chi connectivity index (χ0) is 20.0. The Labute approximate surface area is 150 Å². The van der Waals surface area contributed by atoms with Crippen LogP contribution in [0.5, 0.6) is 0 Å². The molecule has 0 bridgehead atoms. The summed E-state index contributed by atoms with van der Waals surface area (Å²) in [5.41, 5.74) is 0.715. The number of hydrogen-bond donors (Lipinski definition) is 0. The molecule has 0 saturated carbocycles. The van der Waals surface area contributed by atoms with Crippen molar-refractivity contribution in [3.8, 4) is 0 Å². The topological polar surface area (TPSA) is 75.5 Å². The van der Waals surface area contributed by atoms with Crippen molar-refractivity contribution in [1.82, 2.24) is 19.0 Å². The van der Waals surface area contributed by atoms with Crippen molar-refractivity contribution in [1.29, 1.82) is 0 Å². The number of sulfonamides is 1. The highest BCUT2D eigenvalue weighted by Crippen LogP contribution is 2.38. The molecule has 1 aliphatic rings. The van der Waals surface area contributed by atoms with Crippen molar-refractivity contribution in [3.05, 3.63) is 17.5 Å². The van der Waals surface area contributed by atoms with Gasteiger partial charge < -0.3 is 4.90 Å². The summed E-state index contributed by atoms with van der Waals surface area (Å²) in [6.45, 7) is 4.25. The van der Waals surface area contributed by atoms with Gasteiger partial charge in [-0.25, -0.2) is 12.7 Å². The van der Waals surface area contributed by atoms with Gasteiger partial charge in [-0.2, -0.15) is 18.3 Å². The zero-order valence-electron chi connectivity index (χ0n) is 15.3. The largest absolute Gasteiger partial charge is 0.394 e. The summed E-state index contributed by atoms with van der Waals surface area (Å²) in [7, 11) is -1.82. The van der Waals surface area contributed by atoms with Crippen molar-refractivity contribution in [2.75, 3.05) is 27.2 Å². The fourth-order valence-corrected chi connectivity index (χ4v) is 4.67. The van der Waals surface area contributed by atoms with Gasteiger partial charge in [-0.1, -0.05) is 0 Å². The maximum Gasteiger partial charge on any atom is 0.394 e. The summed E-state index contributed by atoms with van der Waals surface area (Å²) < 4.78 is 67.1. The third-order valence-electron chi connectivity index (χ3n) is 4.50. The first-order valence-electron chi connectivity index (χ1n) is 8.10. The summed E-state index contributed by atoms with van der Waals surface area (Å²) >= 11 is 0. The van der Waals surface area contributed by atoms with Gasteiger partial charge in [-0.05, 0) is 26.8 Å². The number of alkyl halides is 3. The molecule has 1 fully saturated rings. The molecule has 0 aromatic carbocycles. The van der Waals surface area contributed by atoms with Crippen LogP contribution in [0.2, 0.25) is 0 Å². The van der Waals surface area contributed by atoms with E-state index in [9.17, 15) is 26.4 Å². The zero-order valence-corrected chi connectivity index (χ0v) is 16.1. The molecule has 2 atom stereocenters. The van der Waals surface area contributed by atoms with E-state index in [0.29, 0.717) is 5.69 Å². The van der Waals surface area contributed by atoms with E-state index in [1.165, 1.54) is 20.2 Å². The highest BCUT2D eigenvalue weighted by Gasteiger charge is 2.56. The van der Waals surface area contributed by atoms with E-state index in [1.54, 1.807) is 11.6 Å². The van der Waals surface area contributed by atoms with Crippen molar-refractivity contribution in [2.45, 2.75) is 38.2 Å². The van der Waals surface area contributed by atoms with E-state index in [1.807, 2.05) is 13.8 Å². The van der Waals surface area contributed by atoms with Crippen LogP contribution in [-0.4, -0.2) is 71.9 Å². The molecular weight excluding hydrogens is 373 g/mol. The number of amides is 1. The maximum absolute atomic E-state index is 13.4. The lowest BCUT2D eigenvalue weighted by Gasteiger charge is -2.23. The summed E-state index contributed by atoms with van der Waals surface area (Å²) in [5, 5.41) is 2.42. The molecule has 148 valence electrons. The molecule has 7 nitrogen and oxygen atoms in total. The average molecular weight is 396 g/mol. The number of aromatic nitrogens is 2. The number of aryl methyl sites for hydroxylation is 1. The third-order valence-corrected chi connectivity index (χ3v) is 6.76. The second-order valence-electron chi connectivity index (χ2n) is 6.93. The molecule has 0 aliphatic carbocycles.